The second-order valence-corrected chi connectivity index (χ2v) is 5.62. The number of imidazole rings is 1. The maximum Gasteiger partial charge on any atom is 0.135 e. The first-order valence-corrected chi connectivity index (χ1v) is 7.71. The zero-order chi connectivity index (χ0) is 16.8. The number of nitrogens with zero attached hydrogens (tertiary/aromatic N) is 3. The molecule has 0 aliphatic carbocycles. The van der Waals surface area contributed by atoms with E-state index in [0.717, 1.165) is 16.7 Å². The van der Waals surface area contributed by atoms with E-state index in [4.69, 9.17) is 0 Å². The fourth-order valence-corrected chi connectivity index (χ4v) is 2.36. The first-order valence-electron chi connectivity index (χ1n) is 7.71. The van der Waals surface area contributed by atoms with Crippen LogP contribution in [-0.4, -0.2) is 9.55 Å². The molecule has 0 bridgehead atoms. The lowest BCUT2D eigenvalue weighted by molar-refractivity contribution is 0.575. The molecule has 4 nitrogen and oxygen atoms in total. The molecular weight excluding hydrogens is 298 g/mol. The molecule has 0 spiro atoms. The van der Waals surface area contributed by atoms with Gasteiger partial charge in [0, 0.05) is 23.5 Å². The zero-order valence-corrected chi connectivity index (χ0v) is 13.4. The topological polar surface area (TPSA) is 47.2 Å². The summed E-state index contributed by atoms with van der Waals surface area (Å²) in [5, 5.41) is 3.23. The van der Waals surface area contributed by atoms with E-state index in [9.17, 15) is 4.91 Å². The average Bonchev–Trinajstić information content (AvgIpc) is 3.13. The summed E-state index contributed by atoms with van der Waals surface area (Å²) in [7, 11) is 0. The minimum absolute atomic E-state index is 0.432. The summed E-state index contributed by atoms with van der Waals surface area (Å²) < 4.78 is 1.84. The summed E-state index contributed by atoms with van der Waals surface area (Å²) in [6, 6.07) is 15.3. The van der Waals surface area contributed by atoms with Crippen molar-refractivity contribution >= 4 is 0 Å². The van der Waals surface area contributed by atoms with Crippen molar-refractivity contribution in [1.29, 1.82) is 0 Å². The predicted octanol–water partition coefficient (Wildman–Crippen LogP) is 4.10. The Bertz CT molecular complexity index is 854. The van der Waals surface area contributed by atoms with Gasteiger partial charge in [0.25, 0.3) is 0 Å². The molecule has 0 saturated carbocycles. The molecule has 1 heterocycles. The van der Waals surface area contributed by atoms with Crippen molar-refractivity contribution in [1.82, 2.24) is 9.55 Å². The Morgan fingerprint density at radius 3 is 2.21 bits per heavy atom. The van der Waals surface area contributed by atoms with Gasteiger partial charge in [-0.1, -0.05) is 46.8 Å². The van der Waals surface area contributed by atoms with E-state index in [1.807, 2.05) is 59.3 Å². The van der Waals surface area contributed by atoms with Gasteiger partial charge in [0.05, 0.1) is 12.9 Å². The highest BCUT2D eigenvalue weighted by atomic mass is 16.3. The van der Waals surface area contributed by atoms with Crippen LogP contribution in [0.1, 0.15) is 28.3 Å². The Morgan fingerprint density at radius 2 is 1.67 bits per heavy atom. The first kappa shape index (κ1) is 15.7. The van der Waals surface area contributed by atoms with Gasteiger partial charge >= 0.3 is 0 Å². The summed E-state index contributed by atoms with van der Waals surface area (Å²) in [4.78, 5) is 15.1. The van der Waals surface area contributed by atoms with Crippen molar-refractivity contribution in [2.24, 2.45) is 5.18 Å². The van der Waals surface area contributed by atoms with Crippen molar-refractivity contribution in [2.45, 2.75) is 19.5 Å². The summed E-state index contributed by atoms with van der Waals surface area (Å²) in [6.07, 6.45) is 5.19. The number of benzene rings is 2. The lowest BCUT2D eigenvalue weighted by Crippen LogP contribution is -2.05. The molecule has 24 heavy (non-hydrogen) atoms. The summed E-state index contributed by atoms with van der Waals surface area (Å²) in [6.45, 7) is 2.54. The lowest BCUT2D eigenvalue weighted by Gasteiger charge is -2.10. The van der Waals surface area contributed by atoms with E-state index in [0.29, 0.717) is 6.54 Å². The maximum absolute atomic E-state index is 11.1. The average molecular weight is 315 g/mol. The number of hydrogen-bond donors (Lipinski definition) is 0. The van der Waals surface area contributed by atoms with Crippen LogP contribution in [0.2, 0.25) is 0 Å². The molecular formula is C20H17N3O. The van der Waals surface area contributed by atoms with Crippen LogP contribution in [0.4, 0.5) is 0 Å². The normalized spacial score (nSPS) is 11.4. The van der Waals surface area contributed by atoms with Gasteiger partial charge in [-0.25, -0.2) is 4.98 Å². The molecule has 3 rings (SSSR count). The first-order chi connectivity index (χ1) is 11.7. The Hall–Kier alpha value is -3.19. The van der Waals surface area contributed by atoms with E-state index >= 15 is 0 Å². The van der Waals surface area contributed by atoms with Crippen molar-refractivity contribution in [3.05, 3.63) is 94.4 Å². The SMILES string of the molecule is Cc1ccc(C#Cc2ccc(C(Cn3ccnc3)N=O)cc2)cc1. The number of rotatable bonds is 4. The summed E-state index contributed by atoms with van der Waals surface area (Å²) in [5.74, 6) is 6.28. The molecule has 0 radical (unpaired) electrons. The van der Waals surface area contributed by atoms with Crippen LogP contribution < -0.4 is 0 Å². The minimum Gasteiger partial charge on any atom is -0.335 e. The highest BCUT2D eigenvalue weighted by molar-refractivity contribution is 5.44. The number of nitroso groups, excluding NO2 is 1. The Labute approximate surface area is 141 Å². The zero-order valence-electron chi connectivity index (χ0n) is 13.4. The highest BCUT2D eigenvalue weighted by Gasteiger charge is 2.12. The van der Waals surface area contributed by atoms with Crippen LogP contribution in [0.5, 0.6) is 0 Å². The van der Waals surface area contributed by atoms with Crippen LogP contribution >= 0.6 is 0 Å². The van der Waals surface area contributed by atoms with Gasteiger partial charge < -0.3 is 4.57 Å². The predicted molar refractivity (Wildman–Crippen MR) is 94.4 cm³/mol. The number of hydrogen-bond acceptors (Lipinski definition) is 3. The molecule has 1 aromatic heterocycles. The van der Waals surface area contributed by atoms with Crippen LogP contribution in [0.3, 0.4) is 0 Å². The fourth-order valence-electron chi connectivity index (χ4n) is 2.36. The summed E-state index contributed by atoms with van der Waals surface area (Å²) >= 11 is 0. The van der Waals surface area contributed by atoms with E-state index in [2.05, 4.69) is 28.9 Å². The molecule has 2 aromatic carbocycles. The summed E-state index contributed by atoms with van der Waals surface area (Å²) in [5.41, 5.74) is 3.98. The van der Waals surface area contributed by atoms with Gasteiger partial charge in [0.2, 0.25) is 0 Å². The third-order valence-corrected chi connectivity index (χ3v) is 3.77. The van der Waals surface area contributed by atoms with Gasteiger partial charge in [-0.05, 0) is 36.8 Å². The smallest absolute Gasteiger partial charge is 0.135 e. The van der Waals surface area contributed by atoms with Gasteiger partial charge in [0.1, 0.15) is 6.04 Å². The van der Waals surface area contributed by atoms with Crippen molar-refractivity contribution in [2.75, 3.05) is 0 Å². The Balaban J connectivity index is 1.73. The molecule has 0 amide bonds. The molecule has 3 aromatic rings. The van der Waals surface area contributed by atoms with Crippen LogP contribution in [0.15, 0.2) is 72.4 Å². The molecule has 118 valence electrons. The van der Waals surface area contributed by atoms with E-state index < -0.39 is 6.04 Å². The minimum atomic E-state index is -0.432. The van der Waals surface area contributed by atoms with Crippen LogP contribution in [0, 0.1) is 23.7 Å². The third kappa shape index (κ3) is 3.96. The van der Waals surface area contributed by atoms with E-state index in [-0.39, 0.29) is 0 Å². The fraction of sp³-hybridized carbons (Fsp3) is 0.150. The monoisotopic (exact) mass is 315 g/mol. The molecule has 4 heteroatoms. The second kappa shape index (κ2) is 7.38. The molecule has 0 aliphatic rings. The highest BCUT2D eigenvalue weighted by Crippen LogP contribution is 2.19. The largest absolute Gasteiger partial charge is 0.335 e. The molecule has 0 fully saturated rings. The number of aryl methyl sites for hydroxylation is 1. The second-order valence-electron chi connectivity index (χ2n) is 5.62. The Morgan fingerprint density at radius 1 is 1.04 bits per heavy atom. The van der Waals surface area contributed by atoms with Gasteiger partial charge in [-0.3, -0.25) is 0 Å². The van der Waals surface area contributed by atoms with Crippen molar-refractivity contribution in [3.63, 3.8) is 0 Å². The quantitative estimate of drug-likeness (QED) is 0.537. The van der Waals surface area contributed by atoms with E-state index in [1.165, 1.54) is 5.56 Å². The standard InChI is InChI=1S/C20H17N3O/c1-16-2-4-17(5-3-16)6-7-18-8-10-19(11-9-18)20(22-24)14-23-13-12-21-15-23/h2-5,8-13,15,20H,14H2,1H3. The van der Waals surface area contributed by atoms with Crippen molar-refractivity contribution in [3.8, 4) is 11.8 Å². The number of aromatic nitrogens is 2. The molecule has 1 atom stereocenters. The van der Waals surface area contributed by atoms with E-state index in [1.54, 1.807) is 12.5 Å². The molecule has 0 aliphatic heterocycles. The lowest BCUT2D eigenvalue weighted by atomic mass is 10.1. The Kier molecular flexibility index (Phi) is 4.83. The van der Waals surface area contributed by atoms with Crippen LogP contribution in [0.25, 0.3) is 0 Å². The molecule has 1 unspecified atom stereocenters. The van der Waals surface area contributed by atoms with Crippen LogP contribution in [-0.2, 0) is 6.54 Å². The third-order valence-electron chi connectivity index (χ3n) is 3.77. The molecule has 0 N–H and O–H groups in total. The van der Waals surface area contributed by atoms with Gasteiger partial charge in [0.15, 0.2) is 0 Å². The molecule has 0 saturated heterocycles. The van der Waals surface area contributed by atoms with Crippen molar-refractivity contribution < 1.29 is 0 Å². The maximum atomic E-state index is 11.1. The van der Waals surface area contributed by atoms with Gasteiger partial charge in [-0.15, -0.1) is 0 Å². The van der Waals surface area contributed by atoms with Gasteiger partial charge in [-0.2, -0.15) is 4.91 Å².